The van der Waals surface area contributed by atoms with E-state index in [-0.39, 0.29) is 35.4 Å². The highest BCUT2D eigenvalue weighted by molar-refractivity contribution is 7.17. The van der Waals surface area contributed by atoms with Crippen LogP contribution in [0.2, 0.25) is 0 Å². The number of thiophene rings is 1. The first-order valence-electron chi connectivity index (χ1n) is 10.4. The number of carbonyl (C=O) groups excluding carboxylic acids is 1. The number of piperidine rings is 1. The van der Waals surface area contributed by atoms with Crippen LogP contribution in [0.4, 0.5) is 8.78 Å². The number of hydrogen-bond acceptors (Lipinski definition) is 5. The van der Waals surface area contributed by atoms with Crippen molar-refractivity contribution >= 4 is 33.1 Å². The number of fused-ring (bicyclic) bond motifs is 4. The molecule has 3 atom stereocenters. The van der Waals surface area contributed by atoms with Gasteiger partial charge in [-0.05, 0) is 66.8 Å². The van der Waals surface area contributed by atoms with Crippen LogP contribution >= 0.6 is 11.3 Å². The molecular formula is C22H19F2N5OS. The quantitative estimate of drug-likeness (QED) is 0.459. The first-order chi connectivity index (χ1) is 15.1. The minimum absolute atomic E-state index is 0.0169. The lowest BCUT2D eigenvalue weighted by molar-refractivity contribution is 0.0554. The standard InChI is InChI=1S/C22H19F2N5OS/c23-20(24)16-10-18(29-22(27-16)25-11-26-29)15-4-2-14-3-5-17(15)28(14)21(30)13-1-6-19-12(9-13)7-8-31-19/h1,6-11,14-15,17,20H,2-5H2/t14-,15-,17-/m0/s1. The van der Waals surface area contributed by atoms with Crippen LogP contribution in [0, 0.1) is 0 Å². The summed E-state index contributed by atoms with van der Waals surface area (Å²) in [7, 11) is 0. The molecule has 0 N–H and O–H groups in total. The molecule has 2 bridgehead atoms. The molecule has 2 aliphatic heterocycles. The molecule has 9 heteroatoms. The summed E-state index contributed by atoms with van der Waals surface area (Å²) in [5.74, 6) is 0.106. The van der Waals surface area contributed by atoms with Gasteiger partial charge in [0.25, 0.3) is 18.1 Å². The van der Waals surface area contributed by atoms with E-state index in [4.69, 9.17) is 0 Å². The maximum atomic E-state index is 13.6. The van der Waals surface area contributed by atoms with Crippen LogP contribution in [-0.2, 0) is 0 Å². The Labute approximate surface area is 180 Å². The van der Waals surface area contributed by atoms with Crippen LogP contribution in [0.3, 0.4) is 0 Å². The van der Waals surface area contributed by atoms with Crippen molar-refractivity contribution in [3.63, 3.8) is 0 Å². The number of benzene rings is 1. The summed E-state index contributed by atoms with van der Waals surface area (Å²) >= 11 is 1.65. The maximum Gasteiger partial charge on any atom is 0.280 e. The van der Waals surface area contributed by atoms with Gasteiger partial charge in [-0.3, -0.25) is 4.79 Å². The van der Waals surface area contributed by atoms with E-state index >= 15 is 0 Å². The van der Waals surface area contributed by atoms with Crippen LogP contribution < -0.4 is 0 Å². The van der Waals surface area contributed by atoms with Crippen molar-refractivity contribution in [2.45, 2.75) is 50.1 Å². The normalized spacial score (nSPS) is 23.3. The summed E-state index contributed by atoms with van der Waals surface area (Å²) < 4.78 is 29.7. The van der Waals surface area contributed by atoms with E-state index in [0.29, 0.717) is 11.3 Å². The van der Waals surface area contributed by atoms with E-state index in [1.54, 1.807) is 15.9 Å². The number of alkyl halides is 2. The van der Waals surface area contributed by atoms with Gasteiger partial charge in [0.05, 0.1) is 5.69 Å². The highest BCUT2D eigenvalue weighted by atomic mass is 32.1. The van der Waals surface area contributed by atoms with Gasteiger partial charge < -0.3 is 4.90 Å². The lowest BCUT2D eigenvalue weighted by atomic mass is 9.86. The second-order valence-corrected chi connectivity index (χ2v) is 9.19. The Balaban J connectivity index is 1.40. The fourth-order valence-electron chi connectivity index (χ4n) is 5.30. The van der Waals surface area contributed by atoms with Crippen LogP contribution in [-0.4, -0.2) is 42.5 Å². The molecule has 4 aromatic rings. The number of amides is 1. The molecule has 1 aromatic carbocycles. The average molecular weight is 439 g/mol. The molecule has 6 rings (SSSR count). The first kappa shape index (κ1) is 18.8. The van der Waals surface area contributed by atoms with E-state index in [2.05, 4.69) is 15.1 Å². The van der Waals surface area contributed by atoms with Gasteiger partial charge in [0.2, 0.25) is 0 Å². The van der Waals surface area contributed by atoms with Gasteiger partial charge in [-0.2, -0.15) is 10.1 Å². The van der Waals surface area contributed by atoms with Gasteiger partial charge in [-0.15, -0.1) is 11.3 Å². The monoisotopic (exact) mass is 439 g/mol. The molecule has 1 amide bonds. The Bertz CT molecular complexity index is 1300. The van der Waals surface area contributed by atoms with Crippen molar-refractivity contribution in [1.82, 2.24) is 24.5 Å². The second-order valence-electron chi connectivity index (χ2n) is 8.25. The largest absolute Gasteiger partial charge is 0.332 e. The van der Waals surface area contributed by atoms with Crippen molar-refractivity contribution < 1.29 is 13.6 Å². The van der Waals surface area contributed by atoms with Crippen molar-refractivity contribution in [3.05, 3.63) is 59.0 Å². The van der Waals surface area contributed by atoms with E-state index in [0.717, 1.165) is 35.8 Å². The van der Waals surface area contributed by atoms with Gasteiger partial charge in [0, 0.05) is 28.3 Å². The Kier molecular flexibility index (Phi) is 4.27. The van der Waals surface area contributed by atoms with Gasteiger partial charge >= 0.3 is 0 Å². The van der Waals surface area contributed by atoms with Gasteiger partial charge in [0.1, 0.15) is 12.0 Å². The summed E-state index contributed by atoms with van der Waals surface area (Å²) in [5, 5.41) is 7.32. The third-order valence-electron chi connectivity index (χ3n) is 6.66. The summed E-state index contributed by atoms with van der Waals surface area (Å²) in [4.78, 5) is 23.5. The Morgan fingerprint density at radius 2 is 2.00 bits per heavy atom. The molecule has 2 saturated heterocycles. The van der Waals surface area contributed by atoms with Crippen LogP contribution in [0.1, 0.15) is 59.8 Å². The van der Waals surface area contributed by atoms with E-state index in [1.165, 1.54) is 12.4 Å². The topological polar surface area (TPSA) is 63.4 Å². The van der Waals surface area contributed by atoms with Gasteiger partial charge in [0.15, 0.2) is 0 Å². The lowest BCUT2D eigenvalue weighted by Crippen LogP contribution is -2.47. The van der Waals surface area contributed by atoms with Gasteiger partial charge in [-0.1, -0.05) is 0 Å². The predicted octanol–water partition coefficient (Wildman–Crippen LogP) is 4.83. The number of aromatic nitrogens is 4. The van der Waals surface area contributed by atoms with Crippen molar-refractivity contribution in [2.24, 2.45) is 0 Å². The van der Waals surface area contributed by atoms with E-state index < -0.39 is 6.43 Å². The molecule has 3 aromatic heterocycles. The smallest absolute Gasteiger partial charge is 0.280 e. The lowest BCUT2D eigenvalue weighted by Gasteiger charge is -2.40. The zero-order valence-electron chi connectivity index (χ0n) is 16.5. The summed E-state index contributed by atoms with van der Waals surface area (Å²) in [6.45, 7) is 0. The maximum absolute atomic E-state index is 13.6. The molecular weight excluding hydrogens is 420 g/mol. The molecule has 158 valence electrons. The Hall–Kier alpha value is -2.94. The molecule has 6 nitrogen and oxygen atoms in total. The summed E-state index contributed by atoms with van der Waals surface area (Å²) in [6.07, 6.45) is 2.10. The van der Waals surface area contributed by atoms with Crippen LogP contribution in [0.5, 0.6) is 0 Å². The van der Waals surface area contributed by atoms with E-state index in [1.807, 2.05) is 34.5 Å². The highest BCUT2D eigenvalue weighted by Gasteiger charge is 2.46. The highest BCUT2D eigenvalue weighted by Crippen LogP contribution is 2.45. The predicted molar refractivity (Wildman–Crippen MR) is 113 cm³/mol. The molecule has 0 radical (unpaired) electrons. The Morgan fingerprint density at radius 3 is 2.87 bits per heavy atom. The third-order valence-corrected chi connectivity index (χ3v) is 7.56. The zero-order chi connectivity index (χ0) is 21.1. The van der Waals surface area contributed by atoms with Crippen molar-refractivity contribution in [2.75, 3.05) is 0 Å². The number of carbonyl (C=O) groups is 1. The molecule has 0 aliphatic carbocycles. The number of halogens is 2. The number of nitrogens with zero attached hydrogens (tertiary/aromatic N) is 5. The molecule has 0 saturated carbocycles. The summed E-state index contributed by atoms with van der Waals surface area (Å²) in [6, 6.07) is 9.44. The Morgan fingerprint density at radius 1 is 1.13 bits per heavy atom. The van der Waals surface area contributed by atoms with E-state index in [9.17, 15) is 13.6 Å². The van der Waals surface area contributed by atoms with Crippen LogP contribution in [0.15, 0.2) is 42.0 Å². The van der Waals surface area contributed by atoms with Gasteiger partial charge in [-0.25, -0.2) is 18.3 Å². The fourth-order valence-corrected chi connectivity index (χ4v) is 6.07. The minimum Gasteiger partial charge on any atom is -0.332 e. The molecule has 5 heterocycles. The molecule has 31 heavy (non-hydrogen) atoms. The molecule has 0 spiro atoms. The van der Waals surface area contributed by atoms with Crippen LogP contribution in [0.25, 0.3) is 15.9 Å². The number of hydrogen-bond donors (Lipinski definition) is 0. The van der Waals surface area contributed by atoms with Crippen molar-refractivity contribution in [1.29, 1.82) is 0 Å². The SMILES string of the molecule is O=C(c1ccc2sccc2c1)N1[C@H]2CC[C@H](c3cc(C(F)F)nc4ncnn34)[C@@H]1CC2. The summed E-state index contributed by atoms with van der Waals surface area (Å²) in [5.41, 5.74) is 1.04. The van der Waals surface area contributed by atoms with Crippen molar-refractivity contribution in [3.8, 4) is 0 Å². The third kappa shape index (κ3) is 2.94. The molecule has 2 aliphatic rings. The molecule has 2 fully saturated rings. The average Bonchev–Trinajstić information content (AvgIpc) is 3.50. The fraction of sp³-hybridized carbons (Fsp3) is 0.364. The minimum atomic E-state index is -2.68. The number of rotatable bonds is 3. The second kappa shape index (κ2) is 7.05. The first-order valence-corrected chi connectivity index (χ1v) is 11.3. The zero-order valence-corrected chi connectivity index (χ0v) is 17.3. The molecule has 0 unspecified atom stereocenters.